The zero-order valence-electron chi connectivity index (χ0n) is 10.0. The normalized spacial score (nSPS) is 20.7. The molecule has 1 aromatic rings. The van der Waals surface area contributed by atoms with E-state index in [0.29, 0.717) is 12.2 Å². The third-order valence-electron chi connectivity index (χ3n) is 3.29. The molecule has 94 valence electrons. The van der Waals surface area contributed by atoms with Gasteiger partial charge in [0.2, 0.25) is 0 Å². The fourth-order valence-corrected chi connectivity index (χ4v) is 2.35. The predicted octanol–water partition coefficient (Wildman–Crippen LogP) is 1.11. The quantitative estimate of drug-likeness (QED) is 0.855. The molecule has 0 spiro atoms. The van der Waals surface area contributed by atoms with Gasteiger partial charge in [-0.15, -0.1) is 0 Å². The Balaban J connectivity index is 2.16. The van der Waals surface area contributed by atoms with Crippen LogP contribution in [0.1, 0.15) is 12.5 Å². The van der Waals surface area contributed by atoms with Gasteiger partial charge in [0.15, 0.2) is 0 Å². The molecule has 0 unspecified atom stereocenters. The van der Waals surface area contributed by atoms with Crippen molar-refractivity contribution in [3.05, 3.63) is 28.7 Å². The van der Waals surface area contributed by atoms with E-state index in [4.69, 9.17) is 0 Å². The van der Waals surface area contributed by atoms with Crippen LogP contribution in [0.2, 0.25) is 0 Å². The second kappa shape index (κ2) is 5.31. The largest absolute Gasteiger partial charge is 0.384 e. The van der Waals surface area contributed by atoms with Crippen LogP contribution in [0.15, 0.2) is 23.1 Å². The number of likely N-dealkylation sites (tertiary alicyclic amines) is 1. The van der Waals surface area contributed by atoms with Crippen LogP contribution >= 0.6 is 0 Å². The molecule has 1 saturated heterocycles. The zero-order valence-corrected chi connectivity index (χ0v) is 10.0. The summed E-state index contributed by atoms with van der Waals surface area (Å²) in [5.74, 6) is 0. The molecule has 0 bridgehead atoms. The first-order valence-corrected chi connectivity index (χ1v) is 5.93. The van der Waals surface area contributed by atoms with Gasteiger partial charge in [-0.2, -0.15) is 0 Å². The van der Waals surface area contributed by atoms with Crippen molar-refractivity contribution in [3.8, 4) is 0 Å². The molecule has 1 aliphatic rings. The van der Waals surface area contributed by atoms with E-state index in [1.54, 1.807) is 17.7 Å². The maximum atomic E-state index is 12.3. The number of aromatic nitrogens is 1. The number of nitrogens with zero attached hydrogens (tertiary/aromatic N) is 2. The minimum atomic E-state index is -0.321. The molecule has 0 aliphatic carbocycles. The lowest BCUT2D eigenvalue weighted by Crippen LogP contribution is -2.29. The van der Waals surface area contributed by atoms with Gasteiger partial charge in [-0.25, -0.2) is 4.39 Å². The van der Waals surface area contributed by atoms with E-state index < -0.39 is 0 Å². The summed E-state index contributed by atoms with van der Waals surface area (Å²) >= 11 is 0. The van der Waals surface area contributed by atoms with Crippen molar-refractivity contribution in [2.75, 3.05) is 38.7 Å². The minimum absolute atomic E-state index is 0.00194. The van der Waals surface area contributed by atoms with E-state index in [1.807, 2.05) is 12.3 Å². The van der Waals surface area contributed by atoms with E-state index in [1.165, 1.54) is 0 Å². The van der Waals surface area contributed by atoms with Gasteiger partial charge in [-0.1, -0.05) is 0 Å². The van der Waals surface area contributed by atoms with Crippen LogP contribution < -0.4 is 10.9 Å². The van der Waals surface area contributed by atoms with E-state index in [2.05, 4.69) is 10.2 Å². The molecule has 0 aromatic carbocycles. The molecular weight excluding hydrogens is 221 g/mol. The van der Waals surface area contributed by atoms with Crippen molar-refractivity contribution >= 4 is 5.69 Å². The monoisotopic (exact) mass is 239 g/mol. The number of nitrogens with one attached hydrogen (secondary N) is 1. The topological polar surface area (TPSA) is 37.3 Å². The summed E-state index contributed by atoms with van der Waals surface area (Å²) in [6.45, 7) is 1.77. The van der Waals surface area contributed by atoms with Gasteiger partial charge in [-0.3, -0.25) is 9.69 Å². The molecule has 17 heavy (non-hydrogen) atoms. The van der Waals surface area contributed by atoms with Crippen LogP contribution in [0.3, 0.4) is 0 Å². The predicted molar refractivity (Wildman–Crippen MR) is 66.3 cm³/mol. The van der Waals surface area contributed by atoms with Gasteiger partial charge in [-0.05, 0) is 18.6 Å². The summed E-state index contributed by atoms with van der Waals surface area (Å²) in [5.41, 5.74) is 0.610. The summed E-state index contributed by atoms with van der Waals surface area (Å²) in [6, 6.07) is 3.81. The molecule has 1 aromatic heterocycles. The smallest absolute Gasteiger partial charge is 0.274 e. The Morgan fingerprint density at radius 1 is 1.59 bits per heavy atom. The van der Waals surface area contributed by atoms with Crippen molar-refractivity contribution in [2.45, 2.75) is 12.5 Å². The maximum Gasteiger partial charge on any atom is 0.274 e. The number of hydrogen-bond acceptors (Lipinski definition) is 3. The first-order chi connectivity index (χ1) is 8.26. The van der Waals surface area contributed by atoms with Gasteiger partial charge < -0.3 is 9.88 Å². The summed E-state index contributed by atoms with van der Waals surface area (Å²) < 4.78 is 14.0. The SMILES string of the molecule is CNc1cccn([C@@H]2CCN(CCF)C2)c1=O. The molecule has 1 atom stereocenters. The van der Waals surface area contributed by atoms with E-state index >= 15 is 0 Å². The van der Waals surface area contributed by atoms with E-state index in [9.17, 15) is 9.18 Å². The Morgan fingerprint density at radius 3 is 3.12 bits per heavy atom. The van der Waals surface area contributed by atoms with Crippen molar-refractivity contribution in [2.24, 2.45) is 0 Å². The van der Waals surface area contributed by atoms with Crippen LogP contribution in [-0.4, -0.2) is 42.8 Å². The first-order valence-electron chi connectivity index (χ1n) is 5.93. The van der Waals surface area contributed by atoms with Crippen molar-refractivity contribution in [1.29, 1.82) is 0 Å². The van der Waals surface area contributed by atoms with Crippen LogP contribution in [0.25, 0.3) is 0 Å². The summed E-state index contributed by atoms with van der Waals surface area (Å²) in [7, 11) is 1.74. The van der Waals surface area contributed by atoms with Gasteiger partial charge in [0.05, 0.1) is 6.04 Å². The fourth-order valence-electron chi connectivity index (χ4n) is 2.35. The lowest BCUT2D eigenvalue weighted by Gasteiger charge is -2.16. The zero-order chi connectivity index (χ0) is 12.3. The molecule has 0 radical (unpaired) electrons. The second-order valence-electron chi connectivity index (χ2n) is 4.32. The van der Waals surface area contributed by atoms with E-state index in [0.717, 1.165) is 19.5 Å². The number of rotatable bonds is 4. The number of alkyl halides is 1. The van der Waals surface area contributed by atoms with Crippen molar-refractivity contribution < 1.29 is 4.39 Å². The number of hydrogen-bond donors (Lipinski definition) is 1. The molecule has 1 fully saturated rings. The highest BCUT2D eigenvalue weighted by molar-refractivity contribution is 5.39. The Hall–Kier alpha value is -1.36. The third kappa shape index (κ3) is 2.49. The second-order valence-corrected chi connectivity index (χ2v) is 4.32. The highest BCUT2D eigenvalue weighted by Gasteiger charge is 2.24. The Bertz CT molecular complexity index is 432. The van der Waals surface area contributed by atoms with Crippen LogP contribution in [0, 0.1) is 0 Å². The fraction of sp³-hybridized carbons (Fsp3) is 0.583. The van der Waals surface area contributed by atoms with E-state index in [-0.39, 0.29) is 18.3 Å². The van der Waals surface area contributed by atoms with Gasteiger partial charge in [0, 0.05) is 32.9 Å². The molecule has 2 heterocycles. The van der Waals surface area contributed by atoms with Gasteiger partial charge in [0.1, 0.15) is 12.4 Å². The molecule has 0 amide bonds. The van der Waals surface area contributed by atoms with Gasteiger partial charge in [0.25, 0.3) is 5.56 Å². The highest BCUT2D eigenvalue weighted by atomic mass is 19.1. The Morgan fingerprint density at radius 2 is 2.41 bits per heavy atom. The van der Waals surface area contributed by atoms with Crippen molar-refractivity contribution in [3.63, 3.8) is 0 Å². The van der Waals surface area contributed by atoms with Crippen LogP contribution in [0.5, 0.6) is 0 Å². The number of anilines is 1. The molecule has 5 heteroatoms. The highest BCUT2D eigenvalue weighted by Crippen LogP contribution is 2.20. The molecule has 2 rings (SSSR count). The third-order valence-corrected chi connectivity index (χ3v) is 3.29. The lowest BCUT2D eigenvalue weighted by molar-refractivity contribution is 0.287. The summed E-state index contributed by atoms with van der Waals surface area (Å²) in [4.78, 5) is 14.1. The average molecular weight is 239 g/mol. The minimum Gasteiger partial charge on any atom is -0.384 e. The standard InChI is InChI=1S/C12H18FN3O/c1-14-11-3-2-6-16(12(11)17)10-4-7-15(9-10)8-5-13/h2-3,6,10,14H,4-5,7-9H2,1H3/t10-/m1/s1. The lowest BCUT2D eigenvalue weighted by atomic mass is 10.2. The molecule has 1 N–H and O–H groups in total. The van der Waals surface area contributed by atoms with Crippen molar-refractivity contribution in [1.82, 2.24) is 9.47 Å². The number of pyridine rings is 1. The van der Waals surface area contributed by atoms with Crippen LogP contribution in [-0.2, 0) is 0 Å². The molecular formula is C12H18FN3O. The molecule has 1 aliphatic heterocycles. The Kier molecular flexibility index (Phi) is 3.78. The molecule has 4 nitrogen and oxygen atoms in total. The first kappa shape index (κ1) is 12.1. The molecule has 0 saturated carbocycles. The average Bonchev–Trinajstić information content (AvgIpc) is 2.78. The summed E-state index contributed by atoms with van der Waals surface area (Å²) in [6.07, 6.45) is 2.72. The van der Waals surface area contributed by atoms with Crippen LogP contribution in [0.4, 0.5) is 10.1 Å². The van der Waals surface area contributed by atoms with Gasteiger partial charge >= 0.3 is 0 Å². The number of halogens is 1. The summed E-state index contributed by atoms with van der Waals surface area (Å²) in [5, 5.41) is 2.89. The maximum absolute atomic E-state index is 12.3. The Labute approximate surface area is 100 Å².